The Morgan fingerprint density at radius 2 is 1.47 bits per heavy atom. The van der Waals surface area contributed by atoms with Gasteiger partial charge in [-0.1, -0.05) is 68.8 Å². The van der Waals surface area contributed by atoms with Crippen LogP contribution in [0.4, 0.5) is 0 Å². The zero-order valence-electron chi connectivity index (χ0n) is 22.5. The Morgan fingerprint density at radius 3 is 1.97 bits per heavy atom. The predicted octanol–water partition coefficient (Wildman–Crippen LogP) is 5.58. The van der Waals surface area contributed by atoms with Crippen LogP contribution in [0.15, 0.2) is 48.5 Å². The molecule has 0 saturated carbocycles. The lowest BCUT2D eigenvalue weighted by Crippen LogP contribution is -2.46. The van der Waals surface area contributed by atoms with Gasteiger partial charge >= 0.3 is 11.9 Å². The summed E-state index contributed by atoms with van der Waals surface area (Å²) in [6.07, 6.45) is 0.792. The van der Waals surface area contributed by atoms with E-state index in [0.717, 1.165) is 0 Å². The van der Waals surface area contributed by atoms with Gasteiger partial charge in [0.15, 0.2) is 0 Å². The van der Waals surface area contributed by atoms with Crippen molar-refractivity contribution in [2.24, 2.45) is 11.8 Å². The molecule has 3 rings (SSSR count). The molecule has 1 unspecified atom stereocenters. The van der Waals surface area contributed by atoms with Crippen molar-refractivity contribution in [1.82, 2.24) is 4.90 Å². The van der Waals surface area contributed by atoms with Crippen LogP contribution in [-0.2, 0) is 23.9 Å². The molecular formula is C30H39NO5. The Hall–Kier alpha value is -3.15. The maximum atomic E-state index is 13.1. The SMILES string of the molecule is CCC(CC(=O)OCC1c2ccccc2-c2ccccc21)[C@@H](C)C(=O)N(C)[C@@H](C)C(=O)OC(C)(C)C. The molecule has 0 radical (unpaired) electrons. The summed E-state index contributed by atoms with van der Waals surface area (Å²) in [5.74, 6) is -1.58. The predicted molar refractivity (Wildman–Crippen MR) is 140 cm³/mol. The largest absolute Gasteiger partial charge is 0.465 e. The normalized spacial score (nSPS) is 15.3. The maximum Gasteiger partial charge on any atom is 0.329 e. The molecule has 1 aliphatic rings. The van der Waals surface area contributed by atoms with Crippen LogP contribution in [0.1, 0.15) is 71.4 Å². The van der Waals surface area contributed by atoms with Crippen molar-refractivity contribution < 1.29 is 23.9 Å². The van der Waals surface area contributed by atoms with E-state index in [1.165, 1.54) is 27.2 Å². The summed E-state index contributed by atoms with van der Waals surface area (Å²) in [6, 6.07) is 15.7. The molecule has 36 heavy (non-hydrogen) atoms. The summed E-state index contributed by atoms with van der Waals surface area (Å²) in [5, 5.41) is 0. The zero-order chi connectivity index (χ0) is 26.6. The standard InChI is InChI=1S/C30H39NO5/c1-8-21(19(2)28(33)31(7)20(3)29(34)36-30(4,5)6)17-27(32)35-18-26-24-15-11-9-13-22(24)23-14-10-12-16-25(23)26/h9-16,19-21,26H,8,17-18H2,1-7H3/t19-,20+,21?/m1/s1. The Bertz CT molecular complexity index is 1060. The number of hydrogen-bond acceptors (Lipinski definition) is 5. The third kappa shape index (κ3) is 6.15. The average Bonchev–Trinajstić information content (AvgIpc) is 3.16. The summed E-state index contributed by atoms with van der Waals surface area (Å²) in [4.78, 5) is 39.9. The summed E-state index contributed by atoms with van der Waals surface area (Å²) in [6.45, 7) is 11.1. The van der Waals surface area contributed by atoms with Crippen LogP contribution in [-0.4, -0.2) is 48.0 Å². The van der Waals surface area contributed by atoms with Crippen LogP contribution >= 0.6 is 0 Å². The molecule has 0 heterocycles. The third-order valence-electron chi connectivity index (χ3n) is 7.10. The number of hydrogen-bond donors (Lipinski definition) is 0. The van der Waals surface area contributed by atoms with Gasteiger partial charge in [-0.15, -0.1) is 0 Å². The van der Waals surface area contributed by atoms with Gasteiger partial charge in [0.05, 0.1) is 0 Å². The molecular weight excluding hydrogens is 454 g/mol. The Kier molecular flexibility index (Phi) is 8.59. The van der Waals surface area contributed by atoms with Gasteiger partial charge in [0, 0.05) is 25.3 Å². The van der Waals surface area contributed by atoms with E-state index in [9.17, 15) is 14.4 Å². The monoisotopic (exact) mass is 493 g/mol. The van der Waals surface area contributed by atoms with E-state index >= 15 is 0 Å². The number of carbonyl (C=O) groups excluding carboxylic acids is 3. The lowest BCUT2D eigenvalue weighted by molar-refractivity contribution is -0.164. The molecule has 0 N–H and O–H groups in total. The van der Waals surface area contributed by atoms with Crippen molar-refractivity contribution in [3.63, 3.8) is 0 Å². The Labute approximate surface area is 215 Å². The highest BCUT2D eigenvalue weighted by atomic mass is 16.6. The maximum absolute atomic E-state index is 13.1. The molecule has 6 nitrogen and oxygen atoms in total. The van der Waals surface area contributed by atoms with Gasteiger partial charge in [-0.25, -0.2) is 4.79 Å². The van der Waals surface area contributed by atoms with Gasteiger partial charge in [-0.05, 0) is 55.9 Å². The number of benzene rings is 2. The molecule has 2 aromatic carbocycles. The number of amides is 1. The highest BCUT2D eigenvalue weighted by molar-refractivity contribution is 5.86. The van der Waals surface area contributed by atoms with Crippen molar-refractivity contribution in [2.45, 2.75) is 71.9 Å². The number of likely N-dealkylation sites (N-methyl/N-ethyl adjacent to an activating group) is 1. The van der Waals surface area contributed by atoms with Gasteiger partial charge in [-0.3, -0.25) is 9.59 Å². The molecule has 194 valence electrons. The van der Waals surface area contributed by atoms with Crippen molar-refractivity contribution in [3.8, 4) is 11.1 Å². The van der Waals surface area contributed by atoms with E-state index in [2.05, 4.69) is 24.3 Å². The van der Waals surface area contributed by atoms with Crippen molar-refractivity contribution in [3.05, 3.63) is 59.7 Å². The molecule has 0 aromatic heterocycles. The number of carbonyl (C=O) groups is 3. The fourth-order valence-corrected chi connectivity index (χ4v) is 4.82. The van der Waals surface area contributed by atoms with Crippen LogP contribution in [0, 0.1) is 11.8 Å². The average molecular weight is 494 g/mol. The lowest BCUT2D eigenvalue weighted by atomic mass is 9.87. The fraction of sp³-hybridized carbons (Fsp3) is 0.500. The molecule has 0 saturated heterocycles. The fourth-order valence-electron chi connectivity index (χ4n) is 4.82. The second-order valence-electron chi connectivity index (χ2n) is 10.7. The topological polar surface area (TPSA) is 72.9 Å². The summed E-state index contributed by atoms with van der Waals surface area (Å²) in [7, 11) is 1.60. The molecule has 2 aromatic rings. The quantitative estimate of drug-likeness (QED) is 0.426. The summed E-state index contributed by atoms with van der Waals surface area (Å²) >= 11 is 0. The van der Waals surface area contributed by atoms with Crippen LogP contribution in [0.25, 0.3) is 11.1 Å². The minimum Gasteiger partial charge on any atom is -0.465 e. The molecule has 0 bridgehead atoms. The van der Waals surface area contributed by atoms with Gasteiger partial charge in [0.1, 0.15) is 18.2 Å². The number of esters is 2. The lowest BCUT2D eigenvalue weighted by Gasteiger charge is -2.31. The molecule has 0 aliphatic heterocycles. The smallest absolute Gasteiger partial charge is 0.329 e. The minimum atomic E-state index is -0.717. The number of rotatable bonds is 9. The first kappa shape index (κ1) is 27.4. The van der Waals surface area contributed by atoms with Crippen LogP contribution < -0.4 is 0 Å². The summed E-state index contributed by atoms with van der Waals surface area (Å²) < 4.78 is 11.2. The van der Waals surface area contributed by atoms with Gasteiger partial charge < -0.3 is 14.4 Å². The number of ether oxygens (including phenoxy) is 2. The number of fused-ring (bicyclic) bond motifs is 3. The number of nitrogens with zero attached hydrogens (tertiary/aromatic N) is 1. The second-order valence-corrected chi connectivity index (χ2v) is 10.7. The Balaban J connectivity index is 1.61. The highest BCUT2D eigenvalue weighted by Gasteiger charge is 2.34. The van der Waals surface area contributed by atoms with E-state index < -0.39 is 23.5 Å². The van der Waals surface area contributed by atoms with Gasteiger partial charge in [-0.2, -0.15) is 0 Å². The first-order valence-electron chi connectivity index (χ1n) is 12.8. The second kappa shape index (κ2) is 11.3. The van der Waals surface area contributed by atoms with Crippen molar-refractivity contribution in [1.29, 1.82) is 0 Å². The molecule has 1 aliphatic carbocycles. The molecule has 0 fully saturated rings. The molecule has 3 atom stereocenters. The van der Waals surface area contributed by atoms with Crippen molar-refractivity contribution in [2.75, 3.05) is 13.7 Å². The molecule has 1 amide bonds. The molecule has 0 spiro atoms. The van der Waals surface area contributed by atoms with E-state index in [-0.39, 0.29) is 36.7 Å². The third-order valence-corrected chi connectivity index (χ3v) is 7.10. The van der Waals surface area contributed by atoms with Crippen LogP contribution in [0.2, 0.25) is 0 Å². The highest BCUT2D eigenvalue weighted by Crippen LogP contribution is 2.44. The summed E-state index contributed by atoms with van der Waals surface area (Å²) in [5.41, 5.74) is 4.07. The molecule has 6 heteroatoms. The minimum absolute atomic E-state index is 0.00120. The van der Waals surface area contributed by atoms with Crippen LogP contribution in [0.3, 0.4) is 0 Å². The first-order chi connectivity index (χ1) is 16.9. The van der Waals surface area contributed by atoms with Gasteiger partial charge in [0.25, 0.3) is 0 Å². The van der Waals surface area contributed by atoms with E-state index in [0.29, 0.717) is 6.42 Å². The van der Waals surface area contributed by atoms with E-state index in [1.54, 1.807) is 34.7 Å². The van der Waals surface area contributed by atoms with E-state index in [1.807, 2.05) is 38.1 Å². The zero-order valence-corrected chi connectivity index (χ0v) is 22.5. The Morgan fingerprint density at radius 1 is 0.944 bits per heavy atom. The van der Waals surface area contributed by atoms with Crippen molar-refractivity contribution >= 4 is 17.8 Å². The first-order valence-corrected chi connectivity index (χ1v) is 12.8. The van der Waals surface area contributed by atoms with E-state index in [4.69, 9.17) is 9.47 Å². The van der Waals surface area contributed by atoms with Gasteiger partial charge in [0.2, 0.25) is 5.91 Å². The van der Waals surface area contributed by atoms with Crippen LogP contribution in [0.5, 0.6) is 0 Å².